The number of benzene rings is 1. The zero-order valence-corrected chi connectivity index (χ0v) is 16.3. The highest BCUT2D eigenvalue weighted by Gasteiger charge is 2.27. The first-order chi connectivity index (χ1) is 14.2. The number of piperidine rings is 1. The molecule has 0 spiro atoms. The molecule has 1 atom stereocenters. The lowest BCUT2D eigenvalue weighted by Crippen LogP contribution is -2.39. The molecule has 150 valence electrons. The minimum absolute atomic E-state index is 0.125. The quantitative estimate of drug-likeness (QED) is 0.672. The maximum Gasteiger partial charge on any atom is 0.226 e. The first kappa shape index (κ1) is 19.0. The highest BCUT2D eigenvalue weighted by atomic mass is 16.5. The lowest BCUT2D eigenvalue weighted by Gasteiger charge is -2.33. The summed E-state index contributed by atoms with van der Waals surface area (Å²) in [4.78, 5) is 18.7. The fourth-order valence-corrected chi connectivity index (χ4v) is 3.82. The van der Waals surface area contributed by atoms with Gasteiger partial charge in [0, 0.05) is 36.5 Å². The van der Waals surface area contributed by atoms with E-state index in [4.69, 9.17) is 10.5 Å². The van der Waals surface area contributed by atoms with Crippen molar-refractivity contribution in [1.29, 1.82) is 0 Å². The number of aromatic nitrogens is 3. The summed E-state index contributed by atoms with van der Waals surface area (Å²) >= 11 is 0. The number of nitrogens with zero attached hydrogens (tertiary/aromatic N) is 3. The van der Waals surface area contributed by atoms with E-state index < -0.39 is 0 Å². The van der Waals surface area contributed by atoms with Crippen LogP contribution in [0.25, 0.3) is 11.1 Å². The van der Waals surface area contributed by atoms with Gasteiger partial charge < -0.3 is 15.4 Å². The summed E-state index contributed by atoms with van der Waals surface area (Å²) in [5.74, 6) is 1.61. The van der Waals surface area contributed by atoms with Crippen molar-refractivity contribution in [3.05, 3.63) is 60.6 Å². The number of nitrogens with two attached hydrogens (primary N) is 1. The van der Waals surface area contributed by atoms with Crippen molar-refractivity contribution in [2.75, 3.05) is 25.4 Å². The molecular formula is C22H25N5O2. The van der Waals surface area contributed by atoms with Crippen LogP contribution in [0.1, 0.15) is 30.9 Å². The number of pyridine rings is 1. The molecule has 0 unspecified atom stereocenters. The molecule has 0 saturated carbocycles. The van der Waals surface area contributed by atoms with E-state index in [-0.39, 0.29) is 11.8 Å². The van der Waals surface area contributed by atoms with Gasteiger partial charge in [0.05, 0.1) is 19.2 Å². The number of carbonyl (C=O) groups is 1. The van der Waals surface area contributed by atoms with E-state index in [0.29, 0.717) is 25.4 Å². The second kappa shape index (κ2) is 8.77. The topological polar surface area (TPSA) is 97.1 Å². The van der Waals surface area contributed by atoms with Gasteiger partial charge in [-0.25, -0.2) is 4.98 Å². The zero-order chi connectivity index (χ0) is 20.1. The summed E-state index contributed by atoms with van der Waals surface area (Å²) < 4.78 is 5.67. The summed E-state index contributed by atoms with van der Waals surface area (Å²) in [6, 6.07) is 13.4. The Hall–Kier alpha value is -3.35. The number of H-pyrrole nitrogens is 1. The first-order valence-corrected chi connectivity index (χ1v) is 9.91. The molecule has 7 heteroatoms. The van der Waals surface area contributed by atoms with E-state index in [2.05, 4.69) is 15.2 Å². The summed E-state index contributed by atoms with van der Waals surface area (Å²) in [6.07, 6.45) is 5.87. The second-order valence-electron chi connectivity index (χ2n) is 7.26. The Morgan fingerprint density at radius 2 is 2.14 bits per heavy atom. The van der Waals surface area contributed by atoms with Crippen LogP contribution < -0.4 is 10.5 Å². The van der Waals surface area contributed by atoms with Crippen LogP contribution in [-0.2, 0) is 4.79 Å². The largest absolute Gasteiger partial charge is 0.493 e. The lowest BCUT2D eigenvalue weighted by molar-refractivity contribution is -0.132. The van der Waals surface area contributed by atoms with E-state index in [1.54, 1.807) is 6.20 Å². The molecule has 1 amide bonds. The number of para-hydroxylation sites is 1. The number of aromatic amines is 1. The van der Waals surface area contributed by atoms with Gasteiger partial charge in [-0.1, -0.05) is 18.2 Å². The third kappa shape index (κ3) is 4.56. The monoisotopic (exact) mass is 391 g/mol. The molecule has 0 aliphatic carbocycles. The Bertz CT molecular complexity index is 957. The molecule has 3 N–H and O–H groups in total. The molecule has 3 heterocycles. The van der Waals surface area contributed by atoms with Crippen LogP contribution in [0, 0.1) is 0 Å². The molecule has 1 aliphatic rings. The van der Waals surface area contributed by atoms with Crippen LogP contribution in [-0.4, -0.2) is 45.7 Å². The van der Waals surface area contributed by atoms with Gasteiger partial charge in [0.15, 0.2) is 0 Å². The number of hydrogen-bond donors (Lipinski definition) is 2. The number of nitrogen functional groups attached to an aromatic ring is 1. The fraction of sp³-hybridized carbons (Fsp3) is 0.318. The van der Waals surface area contributed by atoms with Crippen molar-refractivity contribution >= 4 is 11.7 Å². The molecular weight excluding hydrogens is 366 g/mol. The maximum absolute atomic E-state index is 12.7. The van der Waals surface area contributed by atoms with Crippen molar-refractivity contribution in [2.24, 2.45) is 0 Å². The SMILES string of the molecule is Nc1cc(-c2cn[nH]c2[C@H]2CCCN(C(=O)CCOc3ccccc3)C2)ccn1. The highest BCUT2D eigenvalue weighted by Crippen LogP contribution is 2.33. The molecule has 2 aromatic heterocycles. The number of carbonyl (C=O) groups excluding carboxylic acids is 1. The number of likely N-dealkylation sites (tertiary alicyclic amines) is 1. The third-order valence-corrected chi connectivity index (χ3v) is 5.27. The number of rotatable bonds is 6. The Labute approximate surface area is 169 Å². The molecule has 0 bridgehead atoms. The number of nitrogens with one attached hydrogen (secondary N) is 1. The van der Waals surface area contributed by atoms with Gasteiger partial charge in [-0.2, -0.15) is 5.10 Å². The van der Waals surface area contributed by atoms with Crippen molar-refractivity contribution < 1.29 is 9.53 Å². The van der Waals surface area contributed by atoms with Gasteiger partial charge in [-0.15, -0.1) is 0 Å². The summed E-state index contributed by atoms with van der Waals surface area (Å²) in [7, 11) is 0. The molecule has 4 rings (SSSR count). The molecule has 1 aliphatic heterocycles. The minimum Gasteiger partial charge on any atom is -0.493 e. The molecule has 1 saturated heterocycles. The lowest BCUT2D eigenvalue weighted by atomic mass is 9.90. The van der Waals surface area contributed by atoms with Crippen LogP contribution in [0.3, 0.4) is 0 Å². The average molecular weight is 391 g/mol. The predicted octanol–water partition coefficient (Wildman–Crippen LogP) is 3.23. The smallest absolute Gasteiger partial charge is 0.226 e. The molecule has 0 radical (unpaired) electrons. The van der Waals surface area contributed by atoms with Crippen molar-refractivity contribution in [3.8, 4) is 16.9 Å². The summed E-state index contributed by atoms with van der Waals surface area (Å²) in [5.41, 5.74) is 8.89. The average Bonchev–Trinajstić information content (AvgIpc) is 3.25. The van der Waals surface area contributed by atoms with E-state index >= 15 is 0 Å². The Balaban J connectivity index is 1.39. The third-order valence-electron chi connectivity index (χ3n) is 5.27. The normalized spacial score (nSPS) is 16.6. The molecule has 7 nitrogen and oxygen atoms in total. The first-order valence-electron chi connectivity index (χ1n) is 9.91. The Kier molecular flexibility index (Phi) is 5.74. The Morgan fingerprint density at radius 1 is 1.28 bits per heavy atom. The zero-order valence-electron chi connectivity index (χ0n) is 16.3. The molecule has 29 heavy (non-hydrogen) atoms. The van der Waals surface area contributed by atoms with Gasteiger partial charge in [0.2, 0.25) is 5.91 Å². The van der Waals surface area contributed by atoms with Crippen LogP contribution >= 0.6 is 0 Å². The van der Waals surface area contributed by atoms with Gasteiger partial charge in [-0.3, -0.25) is 9.89 Å². The Morgan fingerprint density at radius 3 is 2.97 bits per heavy atom. The van der Waals surface area contributed by atoms with Gasteiger partial charge >= 0.3 is 0 Å². The second-order valence-corrected chi connectivity index (χ2v) is 7.26. The van der Waals surface area contributed by atoms with Crippen molar-refractivity contribution in [2.45, 2.75) is 25.2 Å². The van der Waals surface area contributed by atoms with Crippen LogP contribution in [0.15, 0.2) is 54.9 Å². The van der Waals surface area contributed by atoms with E-state index in [1.165, 1.54) is 0 Å². The number of ether oxygens (including phenoxy) is 1. The highest BCUT2D eigenvalue weighted by molar-refractivity contribution is 5.76. The predicted molar refractivity (Wildman–Crippen MR) is 111 cm³/mol. The summed E-state index contributed by atoms with van der Waals surface area (Å²) in [5, 5.41) is 7.39. The maximum atomic E-state index is 12.7. The van der Waals surface area contributed by atoms with Crippen molar-refractivity contribution in [1.82, 2.24) is 20.1 Å². The summed E-state index contributed by atoms with van der Waals surface area (Å²) in [6.45, 7) is 1.85. The minimum atomic E-state index is 0.125. The number of anilines is 1. The molecule has 1 fully saturated rings. The van der Waals surface area contributed by atoms with E-state index in [0.717, 1.165) is 42.0 Å². The number of amides is 1. The van der Waals surface area contributed by atoms with Gasteiger partial charge in [-0.05, 0) is 42.7 Å². The molecule has 3 aromatic rings. The number of hydrogen-bond acceptors (Lipinski definition) is 5. The van der Waals surface area contributed by atoms with Crippen LogP contribution in [0.5, 0.6) is 5.75 Å². The van der Waals surface area contributed by atoms with E-state index in [9.17, 15) is 4.79 Å². The molecule has 1 aromatic carbocycles. The van der Waals surface area contributed by atoms with Crippen LogP contribution in [0.4, 0.5) is 5.82 Å². The van der Waals surface area contributed by atoms with E-state index in [1.807, 2.05) is 53.6 Å². The van der Waals surface area contributed by atoms with Crippen LogP contribution in [0.2, 0.25) is 0 Å². The van der Waals surface area contributed by atoms with Gasteiger partial charge in [0.1, 0.15) is 11.6 Å². The van der Waals surface area contributed by atoms with Crippen molar-refractivity contribution in [3.63, 3.8) is 0 Å². The fourth-order valence-electron chi connectivity index (χ4n) is 3.82. The van der Waals surface area contributed by atoms with Gasteiger partial charge in [0.25, 0.3) is 0 Å². The standard InChI is InChI=1S/C22H25N5O2/c23-20-13-16(8-10-24-20)19-14-25-26-22(19)17-5-4-11-27(15-17)21(28)9-12-29-18-6-2-1-3-7-18/h1-3,6-8,10,13-14,17H,4-5,9,11-12,15H2,(H2,23,24)(H,25,26)/t17-/m0/s1.